The molecule has 0 unspecified atom stereocenters. The number of carbonyl (C=O) groups excluding carboxylic acids is 1. The van der Waals surface area contributed by atoms with Gasteiger partial charge in [-0.15, -0.1) is 0 Å². The highest BCUT2D eigenvalue weighted by Gasteiger charge is 2.23. The molecule has 30 heavy (non-hydrogen) atoms. The summed E-state index contributed by atoms with van der Waals surface area (Å²) in [4.78, 5) is 26.6. The van der Waals surface area contributed by atoms with Crippen LogP contribution >= 0.6 is 0 Å². The van der Waals surface area contributed by atoms with E-state index in [4.69, 9.17) is 0 Å². The standard InChI is InChI=1S/C20H24N6O3S/c1-30(28,29)16-6-2-4-14(10-16)22-11-18(27)25-15-5-3-9-26(12-15)20-17-7-8-21-19(17)23-13-24-20/h2,4,6-8,10,13,15,22H,3,5,9,11-12H2,1H3,(H,25,27)(H,21,23,24)/t15-/m0/s1. The van der Waals surface area contributed by atoms with Gasteiger partial charge in [0.25, 0.3) is 0 Å². The number of fused-ring (bicyclic) bond motifs is 1. The van der Waals surface area contributed by atoms with Crippen LogP contribution in [0.5, 0.6) is 0 Å². The number of H-pyrrole nitrogens is 1. The van der Waals surface area contributed by atoms with Crippen LogP contribution < -0.4 is 15.5 Å². The van der Waals surface area contributed by atoms with Crippen molar-refractivity contribution in [1.82, 2.24) is 20.3 Å². The Kier molecular flexibility index (Phi) is 5.58. The molecule has 4 rings (SSSR count). The lowest BCUT2D eigenvalue weighted by Gasteiger charge is -2.34. The van der Waals surface area contributed by atoms with Crippen molar-refractivity contribution in [1.29, 1.82) is 0 Å². The molecule has 1 atom stereocenters. The molecular formula is C20H24N6O3S. The van der Waals surface area contributed by atoms with Crippen LogP contribution in [0.25, 0.3) is 11.0 Å². The second kappa shape index (κ2) is 8.31. The Balaban J connectivity index is 1.35. The quantitative estimate of drug-likeness (QED) is 0.545. The number of aromatic amines is 1. The van der Waals surface area contributed by atoms with Crippen molar-refractivity contribution < 1.29 is 13.2 Å². The van der Waals surface area contributed by atoms with E-state index in [-0.39, 0.29) is 23.4 Å². The van der Waals surface area contributed by atoms with Crippen LogP contribution in [0, 0.1) is 0 Å². The van der Waals surface area contributed by atoms with Gasteiger partial charge < -0.3 is 20.5 Å². The second-order valence-corrected chi connectivity index (χ2v) is 9.46. The fourth-order valence-electron chi connectivity index (χ4n) is 3.70. The Morgan fingerprint density at radius 3 is 3.00 bits per heavy atom. The number of aromatic nitrogens is 3. The number of piperidine rings is 1. The lowest BCUT2D eigenvalue weighted by Crippen LogP contribution is -2.49. The minimum Gasteiger partial charge on any atom is -0.376 e. The summed E-state index contributed by atoms with van der Waals surface area (Å²) in [6.07, 6.45) is 6.39. The van der Waals surface area contributed by atoms with E-state index in [0.717, 1.165) is 42.5 Å². The number of nitrogens with zero attached hydrogens (tertiary/aromatic N) is 3. The van der Waals surface area contributed by atoms with Crippen LogP contribution in [0.3, 0.4) is 0 Å². The summed E-state index contributed by atoms with van der Waals surface area (Å²) in [5.41, 5.74) is 1.39. The molecule has 9 nitrogen and oxygen atoms in total. The lowest BCUT2D eigenvalue weighted by molar-refractivity contribution is -0.120. The van der Waals surface area contributed by atoms with Gasteiger partial charge in [-0.2, -0.15) is 0 Å². The average molecular weight is 429 g/mol. The van der Waals surface area contributed by atoms with E-state index in [1.54, 1.807) is 18.5 Å². The highest BCUT2D eigenvalue weighted by Crippen LogP contribution is 2.25. The minimum absolute atomic E-state index is 0.0133. The first kappa shape index (κ1) is 20.1. The van der Waals surface area contributed by atoms with E-state index in [2.05, 4.69) is 30.5 Å². The average Bonchev–Trinajstić information content (AvgIpc) is 3.21. The molecule has 0 radical (unpaired) electrons. The number of nitrogens with one attached hydrogen (secondary N) is 3. The van der Waals surface area contributed by atoms with Gasteiger partial charge in [-0.05, 0) is 37.1 Å². The maximum Gasteiger partial charge on any atom is 0.239 e. The molecule has 0 bridgehead atoms. The van der Waals surface area contributed by atoms with Gasteiger partial charge in [0.15, 0.2) is 9.84 Å². The number of hydrogen-bond donors (Lipinski definition) is 3. The molecule has 10 heteroatoms. The van der Waals surface area contributed by atoms with Crippen molar-refractivity contribution in [3.8, 4) is 0 Å². The predicted octanol–water partition coefficient (Wildman–Crippen LogP) is 1.56. The molecule has 3 aromatic rings. The van der Waals surface area contributed by atoms with Crippen molar-refractivity contribution in [3.05, 3.63) is 42.9 Å². The molecule has 1 saturated heterocycles. The molecule has 2 aromatic heterocycles. The number of hydrogen-bond acceptors (Lipinski definition) is 7. The Morgan fingerprint density at radius 1 is 1.30 bits per heavy atom. The van der Waals surface area contributed by atoms with Crippen LogP contribution in [0.2, 0.25) is 0 Å². The van der Waals surface area contributed by atoms with Crippen molar-refractivity contribution in [2.75, 3.05) is 36.1 Å². The maximum atomic E-state index is 12.4. The zero-order chi connectivity index (χ0) is 21.1. The van der Waals surface area contributed by atoms with E-state index in [1.165, 1.54) is 12.1 Å². The number of rotatable bonds is 6. The summed E-state index contributed by atoms with van der Waals surface area (Å²) in [6, 6.07) is 8.43. The zero-order valence-electron chi connectivity index (χ0n) is 16.6. The lowest BCUT2D eigenvalue weighted by atomic mass is 10.1. The molecule has 0 saturated carbocycles. The van der Waals surface area contributed by atoms with Crippen molar-refractivity contribution in [2.45, 2.75) is 23.8 Å². The van der Waals surface area contributed by atoms with E-state index < -0.39 is 9.84 Å². The molecule has 1 aliphatic heterocycles. The Bertz CT molecular complexity index is 1160. The molecule has 3 heterocycles. The van der Waals surface area contributed by atoms with Gasteiger partial charge in [-0.3, -0.25) is 4.79 Å². The van der Waals surface area contributed by atoms with Crippen LogP contribution in [0.4, 0.5) is 11.5 Å². The summed E-state index contributed by atoms with van der Waals surface area (Å²) in [6.45, 7) is 1.62. The normalized spacial score (nSPS) is 17.1. The molecule has 1 aromatic carbocycles. The highest BCUT2D eigenvalue weighted by molar-refractivity contribution is 7.90. The summed E-state index contributed by atoms with van der Waals surface area (Å²) in [5, 5.41) is 7.03. The second-order valence-electron chi connectivity index (χ2n) is 7.44. The number of sulfone groups is 1. The number of carbonyl (C=O) groups is 1. The number of anilines is 2. The monoisotopic (exact) mass is 428 g/mol. The molecule has 158 valence electrons. The third kappa shape index (κ3) is 4.54. The van der Waals surface area contributed by atoms with Crippen molar-refractivity contribution >= 4 is 38.3 Å². The fourth-order valence-corrected chi connectivity index (χ4v) is 4.36. The smallest absolute Gasteiger partial charge is 0.239 e. The maximum absolute atomic E-state index is 12.4. The highest BCUT2D eigenvalue weighted by atomic mass is 32.2. The van der Waals surface area contributed by atoms with Crippen LogP contribution in [0.1, 0.15) is 12.8 Å². The van der Waals surface area contributed by atoms with Gasteiger partial charge in [-0.1, -0.05) is 6.07 Å². The van der Waals surface area contributed by atoms with Crippen molar-refractivity contribution in [2.24, 2.45) is 0 Å². The molecule has 1 fully saturated rings. The Hall–Kier alpha value is -3.14. The van der Waals surface area contributed by atoms with Gasteiger partial charge in [0.05, 0.1) is 16.8 Å². The molecule has 0 spiro atoms. The molecule has 0 aliphatic carbocycles. The number of amides is 1. The Morgan fingerprint density at radius 2 is 2.17 bits per heavy atom. The first-order valence-electron chi connectivity index (χ1n) is 9.76. The van der Waals surface area contributed by atoms with Gasteiger partial charge in [0.2, 0.25) is 5.91 Å². The fraction of sp³-hybridized carbons (Fsp3) is 0.350. The summed E-state index contributed by atoms with van der Waals surface area (Å²) < 4.78 is 23.4. The summed E-state index contributed by atoms with van der Waals surface area (Å²) in [5.74, 6) is 0.733. The predicted molar refractivity (Wildman–Crippen MR) is 115 cm³/mol. The number of benzene rings is 1. The molecule has 1 aliphatic rings. The third-order valence-corrected chi connectivity index (χ3v) is 6.24. The van der Waals surface area contributed by atoms with Crippen LogP contribution in [0.15, 0.2) is 47.8 Å². The van der Waals surface area contributed by atoms with Gasteiger partial charge in [-0.25, -0.2) is 18.4 Å². The van der Waals surface area contributed by atoms with E-state index >= 15 is 0 Å². The van der Waals surface area contributed by atoms with Crippen molar-refractivity contribution in [3.63, 3.8) is 0 Å². The van der Waals surface area contributed by atoms with E-state index in [0.29, 0.717) is 12.2 Å². The Labute approximate surface area is 174 Å². The SMILES string of the molecule is CS(=O)(=O)c1cccc(NCC(=O)N[C@H]2CCCN(c3ncnc4[nH]ccc34)C2)c1. The topological polar surface area (TPSA) is 120 Å². The summed E-state index contributed by atoms with van der Waals surface area (Å²) in [7, 11) is -3.29. The summed E-state index contributed by atoms with van der Waals surface area (Å²) >= 11 is 0. The zero-order valence-corrected chi connectivity index (χ0v) is 17.4. The van der Waals surface area contributed by atoms with E-state index in [9.17, 15) is 13.2 Å². The first-order valence-corrected chi connectivity index (χ1v) is 11.7. The molecular weight excluding hydrogens is 404 g/mol. The van der Waals surface area contributed by atoms with Crippen LogP contribution in [-0.2, 0) is 14.6 Å². The third-order valence-electron chi connectivity index (χ3n) is 5.13. The van der Waals surface area contributed by atoms with Crippen LogP contribution in [-0.4, -0.2) is 61.2 Å². The molecule has 1 amide bonds. The van der Waals surface area contributed by atoms with Gasteiger partial charge >= 0.3 is 0 Å². The minimum atomic E-state index is -3.29. The van der Waals surface area contributed by atoms with Gasteiger partial charge in [0.1, 0.15) is 17.8 Å². The molecule has 3 N–H and O–H groups in total. The van der Waals surface area contributed by atoms with Gasteiger partial charge in [0, 0.05) is 37.3 Å². The largest absolute Gasteiger partial charge is 0.376 e. The van der Waals surface area contributed by atoms with E-state index in [1.807, 2.05) is 12.3 Å². The first-order chi connectivity index (χ1) is 14.4.